The molecule has 0 saturated heterocycles. The summed E-state index contributed by atoms with van der Waals surface area (Å²) < 4.78 is 55.3. The lowest BCUT2D eigenvalue weighted by atomic mass is 10.1. The molecule has 0 bridgehead atoms. The molecule has 0 aliphatic heterocycles. The molecule has 0 fully saturated rings. The number of ether oxygens (including phenoxy) is 1. The lowest BCUT2D eigenvalue weighted by Crippen LogP contribution is -2.12. The molecular weight excluding hydrogens is 244 g/mol. The van der Waals surface area contributed by atoms with E-state index >= 15 is 0 Å². The molecule has 1 aromatic carbocycles. The second kappa shape index (κ2) is 4.60. The fourth-order valence-electron chi connectivity index (χ4n) is 1.27. The van der Waals surface area contributed by atoms with Crippen LogP contribution in [-0.2, 0) is 17.4 Å². The van der Waals surface area contributed by atoms with E-state index in [0.29, 0.717) is 6.07 Å². The van der Waals surface area contributed by atoms with Crippen molar-refractivity contribution in [2.24, 2.45) is 0 Å². The van der Waals surface area contributed by atoms with E-state index in [9.17, 15) is 22.4 Å². The van der Waals surface area contributed by atoms with Gasteiger partial charge in [-0.05, 0) is 12.1 Å². The summed E-state index contributed by atoms with van der Waals surface area (Å²) in [5, 5.41) is 8.46. The van der Waals surface area contributed by atoms with Gasteiger partial charge >= 0.3 is 12.1 Å². The van der Waals surface area contributed by atoms with Gasteiger partial charge in [-0.2, -0.15) is 13.2 Å². The Hall–Kier alpha value is -1.79. The highest BCUT2D eigenvalue weighted by atomic mass is 19.4. The molecule has 0 aliphatic rings. The normalized spacial score (nSPS) is 11.4. The maximum absolute atomic E-state index is 13.4. The molecular formula is C10H8F4O3. The molecule has 1 N–H and O–H groups in total. The molecule has 0 unspecified atom stereocenters. The quantitative estimate of drug-likeness (QED) is 0.840. The fourth-order valence-corrected chi connectivity index (χ4v) is 1.27. The van der Waals surface area contributed by atoms with Gasteiger partial charge in [-0.15, -0.1) is 0 Å². The van der Waals surface area contributed by atoms with Crippen molar-refractivity contribution >= 4 is 5.97 Å². The second-order valence-electron chi connectivity index (χ2n) is 3.22. The summed E-state index contributed by atoms with van der Waals surface area (Å²) in [7, 11) is 1.11. The van der Waals surface area contributed by atoms with Gasteiger partial charge < -0.3 is 9.84 Å². The van der Waals surface area contributed by atoms with Crippen molar-refractivity contribution in [3.05, 3.63) is 29.1 Å². The molecule has 0 atom stereocenters. The van der Waals surface area contributed by atoms with E-state index in [1.807, 2.05) is 0 Å². The first kappa shape index (κ1) is 13.3. The van der Waals surface area contributed by atoms with Gasteiger partial charge in [0, 0.05) is 5.56 Å². The zero-order valence-electron chi connectivity index (χ0n) is 8.64. The molecule has 0 amide bonds. The Morgan fingerprint density at radius 3 is 2.41 bits per heavy atom. The van der Waals surface area contributed by atoms with Crippen molar-refractivity contribution in [1.82, 2.24) is 0 Å². The van der Waals surface area contributed by atoms with Crippen molar-refractivity contribution in [3.8, 4) is 5.75 Å². The fraction of sp³-hybridized carbons (Fsp3) is 0.300. The number of hydrogen-bond donors (Lipinski definition) is 1. The Morgan fingerprint density at radius 1 is 1.41 bits per heavy atom. The van der Waals surface area contributed by atoms with Gasteiger partial charge in [0.2, 0.25) is 0 Å². The zero-order chi connectivity index (χ0) is 13.2. The maximum Gasteiger partial charge on any atom is 0.419 e. The van der Waals surface area contributed by atoms with E-state index in [2.05, 4.69) is 4.74 Å². The first-order chi connectivity index (χ1) is 7.75. The predicted molar refractivity (Wildman–Crippen MR) is 49.3 cm³/mol. The number of alkyl halides is 3. The van der Waals surface area contributed by atoms with Gasteiger partial charge in [0.1, 0.15) is 11.6 Å². The minimum atomic E-state index is -4.90. The van der Waals surface area contributed by atoms with Crippen LogP contribution in [0.4, 0.5) is 17.6 Å². The molecule has 0 radical (unpaired) electrons. The Labute approximate surface area is 93.6 Å². The van der Waals surface area contributed by atoms with E-state index < -0.39 is 35.5 Å². The zero-order valence-corrected chi connectivity index (χ0v) is 8.64. The lowest BCUT2D eigenvalue weighted by molar-refractivity contribution is -0.141. The number of benzene rings is 1. The van der Waals surface area contributed by atoms with Gasteiger partial charge in [0.25, 0.3) is 0 Å². The van der Waals surface area contributed by atoms with E-state index in [0.717, 1.165) is 13.2 Å². The van der Waals surface area contributed by atoms with Gasteiger partial charge in [-0.1, -0.05) is 0 Å². The third kappa shape index (κ3) is 3.08. The van der Waals surface area contributed by atoms with Gasteiger partial charge in [-0.25, -0.2) is 4.39 Å². The van der Waals surface area contributed by atoms with Gasteiger partial charge in [0.05, 0.1) is 19.1 Å². The minimum absolute atomic E-state index is 0.241. The molecule has 7 heteroatoms. The van der Waals surface area contributed by atoms with E-state index in [1.54, 1.807) is 0 Å². The summed E-state index contributed by atoms with van der Waals surface area (Å²) in [5.41, 5.74) is -2.10. The smallest absolute Gasteiger partial charge is 0.419 e. The number of carboxylic acids is 1. The van der Waals surface area contributed by atoms with Gasteiger partial charge in [-0.3, -0.25) is 4.79 Å². The van der Waals surface area contributed by atoms with Gasteiger partial charge in [0.15, 0.2) is 0 Å². The number of carboxylic acid groups (broad SMARTS) is 1. The summed E-state index contributed by atoms with van der Waals surface area (Å²) in [6.07, 6.45) is -5.74. The highest BCUT2D eigenvalue weighted by Gasteiger charge is 2.36. The van der Waals surface area contributed by atoms with Crippen LogP contribution in [0.1, 0.15) is 11.1 Å². The van der Waals surface area contributed by atoms with E-state index in [4.69, 9.17) is 5.11 Å². The van der Waals surface area contributed by atoms with Crippen LogP contribution in [0.2, 0.25) is 0 Å². The Morgan fingerprint density at radius 2 is 2.00 bits per heavy atom. The molecule has 17 heavy (non-hydrogen) atoms. The average molecular weight is 252 g/mol. The Balaban J connectivity index is 3.36. The molecule has 0 aliphatic carbocycles. The summed E-state index contributed by atoms with van der Waals surface area (Å²) >= 11 is 0. The first-order valence-electron chi connectivity index (χ1n) is 4.41. The highest BCUT2D eigenvalue weighted by Crippen LogP contribution is 2.35. The lowest BCUT2D eigenvalue weighted by Gasteiger charge is -2.12. The third-order valence-corrected chi connectivity index (χ3v) is 2.00. The van der Waals surface area contributed by atoms with Crippen LogP contribution >= 0.6 is 0 Å². The largest absolute Gasteiger partial charge is 0.497 e. The average Bonchev–Trinajstić information content (AvgIpc) is 2.18. The topological polar surface area (TPSA) is 46.5 Å². The molecule has 1 aromatic rings. The van der Waals surface area contributed by atoms with Crippen LogP contribution < -0.4 is 4.74 Å². The molecule has 0 heterocycles. The van der Waals surface area contributed by atoms with Crippen LogP contribution in [0.3, 0.4) is 0 Å². The molecule has 0 aromatic heterocycles. The molecule has 3 nitrogen and oxygen atoms in total. The van der Waals surface area contributed by atoms with E-state index in [-0.39, 0.29) is 5.75 Å². The van der Waals surface area contributed by atoms with Crippen LogP contribution in [0.25, 0.3) is 0 Å². The van der Waals surface area contributed by atoms with Crippen molar-refractivity contribution in [1.29, 1.82) is 0 Å². The summed E-state index contributed by atoms with van der Waals surface area (Å²) in [5.74, 6) is -3.25. The molecule has 94 valence electrons. The van der Waals surface area contributed by atoms with Crippen molar-refractivity contribution in [2.75, 3.05) is 7.11 Å². The molecule has 0 saturated carbocycles. The monoisotopic (exact) mass is 252 g/mol. The Bertz CT molecular complexity index is 440. The Kier molecular flexibility index (Phi) is 3.59. The molecule has 0 spiro atoms. The first-order valence-corrected chi connectivity index (χ1v) is 4.41. The van der Waals surface area contributed by atoms with E-state index in [1.165, 1.54) is 0 Å². The second-order valence-corrected chi connectivity index (χ2v) is 3.22. The van der Waals surface area contributed by atoms with Crippen LogP contribution in [-0.4, -0.2) is 18.2 Å². The van der Waals surface area contributed by atoms with Crippen molar-refractivity contribution < 1.29 is 32.2 Å². The number of hydrogen-bond acceptors (Lipinski definition) is 2. The van der Waals surface area contributed by atoms with Crippen molar-refractivity contribution in [2.45, 2.75) is 12.6 Å². The minimum Gasteiger partial charge on any atom is -0.497 e. The highest BCUT2D eigenvalue weighted by molar-refractivity contribution is 5.70. The van der Waals surface area contributed by atoms with Crippen LogP contribution in [0, 0.1) is 5.82 Å². The number of rotatable bonds is 3. The number of halogens is 4. The summed E-state index contributed by atoms with van der Waals surface area (Å²) in [4.78, 5) is 10.4. The number of aliphatic carboxylic acids is 1. The SMILES string of the molecule is COc1cc(CC(=O)O)c(F)c(C(F)(F)F)c1. The third-order valence-electron chi connectivity index (χ3n) is 2.00. The number of methoxy groups -OCH3 is 1. The predicted octanol–water partition coefficient (Wildman–Crippen LogP) is 2.48. The van der Waals surface area contributed by atoms with Crippen LogP contribution in [0.5, 0.6) is 5.75 Å². The summed E-state index contributed by atoms with van der Waals surface area (Å²) in [6.45, 7) is 0. The van der Waals surface area contributed by atoms with Crippen molar-refractivity contribution in [3.63, 3.8) is 0 Å². The molecule has 1 rings (SSSR count). The standard InChI is InChI=1S/C10H8F4O3/c1-17-6-2-5(3-8(15)16)9(11)7(4-6)10(12,13)14/h2,4H,3H2,1H3,(H,15,16). The number of carbonyl (C=O) groups is 1. The van der Waals surface area contributed by atoms with Crippen LogP contribution in [0.15, 0.2) is 12.1 Å². The maximum atomic E-state index is 13.4. The summed E-state index contributed by atoms with van der Waals surface area (Å²) in [6, 6.07) is 1.42.